The van der Waals surface area contributed by atoms with Crippen LogP contribution in [0, 0.1) is 0 Å². The summed E-state index contributed by atoms with van der Waals surface area (Å²) in [5, 5.41) is 8.02. The number of halogens is 1. The molecular weight excluding hydrogens is 370 g/mol. The number of carbonyl (C=O) groups excluding carboxylic acids is 1. The second kappa shape index (κ2) is 10.1. The quantitative estimate of drug-likeness (QED) is 0.340. The molecule has 0 unspecified atom stereocenters. The maximum absolute atomic E-state index is 12.2. The van der Waals surface area contributed by atoms with Crippen LogP contribution in [0.25, 0.3) is 6.08 Å². The van der Waals surface area contributed by atoms with E-state index in [1.165, 1.54) is 6.08 Å². The minimum atomic E-state index is -0.196. The van der Waals surface area contributed by atoms with Crippen molar-refractivity contribution >= 4 is 35.0 Å². The van der Waals surface area contributed by atoms with Crippen LogP contribution in [0.2, 0.25) is 5.02 Å². The van der Waals surface area contributed by atoms with Crippen LogP contribution >= 0.6 is 11.6 Å². The van der Waals surface area contributed by atoms with Gasteiger partial charge in [0.05, 0.1) is 17.9 Å². The van der Waals surface area contributed by atoms with Crippen LogP contribution in [0.5, 0.6) is 0 Å². The van der Waals surface area contributed by atoms with E-state index in [0.717, 1.165) is 22.5 Å². The van der Waals surface area contributed by atoms with Gasteiger partial charge in [0.15, 0.2) is 0 Å². The molecular formula is C23H20ClN3O. The highest BCUT2D eigenvalue weighted by atomic mass is 35.5. The first kappa shape index (κ1) is 19.4. The molecule has 5 heteroatoms. The Labute approximate surface area is 169 Å². The highest BCUT2D eigenvalue weighted by Gasteiger charge is 2.05. The van der Waals surface area contributed by atoms with E-state index in [-0.39, 0.29) is 5.91 Å². The van der Waals surface area contributed by atoms with E-state index in [1.54, 1.807) is 18.2 Å². The molecule has 1 amide bonds. The highest BCUT2D eigenvalue weighted by Crippen LogP contribution is 2.10. The molecule has 0 radical (unpaired) electrons. The van der Waals surface area contributed by atoms with Crippen molar-refractivity contribution in [1.29, 1.82) is 0 Å². The summed E-state index contributed by atoms with van der Waals surface area (Å²) < 4.78 is 0. The van der Waals surface area contributed by atoms with Gasteiger partial charge >= 0.3 is 0 Å². The SMILES string of the molecule is O=C(/C=C/c1ccc(Cl)cc1)NC/C(=N\Nc1ccccc1)c1ccccc1. The molecule has 140 valence electrons. The minimum absolute atomic E-state index is 0.196. The summed E-state index contributed by atoms with van der Waals surface area (Å²) in [5.74, 6) is -0.196. The molecule has 3 aromatic carbocycles. The lowest BCUT2D eigenvalue weighted by molar-refractivity contribution is -0.116. The number of nitrogens with one attached hydrogen (secondary N) is 2. The molecule has 0 aliphatic rings. The number of para-hydroxylation sites is 1. The largest absolute Gasteiger partial charge is 0.347 e. The summed E-state index contributed by atoms with van der Waals surface area (Å²) in [6, 6.07) is 26.7. The zero-order valence-electron chi connectivity index (χ0n) is 15.2. The number of hydrogen-bond acceptors (Lipinski definition) is 3. The molecule has 0 aromatic heterocycles. The lowest BCUT2D eigenvalue weighted by atomic mass is 10.1. The van der Waals surface area contributed by atoms with Gasteiger partial charge in [0, 0.05) is 11.1 Å². The van der Waals surface area contributed by atoms with Crippen LogP contribution in [0.1, 0.15) is 11.1 Å². The third kappa shape index (κ3) is 6.11. The van der Waals surface area contributed by atoms with E-state index >= 15 is 0 Å². The molecule has 0 heterocycles. The van der Waals surface area contributed by atoms with Crippen molar-refractivity contribution in [3.8, 4) is 0 Å². The number of hydrogen-bond donors (Lipinski definition) is 2. The number of amides is 1. The fraction of sp³-hybridized carbons (Fsp3) is 0.0435. The Bertz CT molecular complexity index is 952. The first-order chi connectivity index (χ1) is 13.7. The Balaban J connectivity index is 1.65. The molecule has 0 saturated heterocycles. The number of nitrogens with zero attached hydrogens (tertiary/aromatic N) is 1. The maximum Gasteiger partial charge on any atom is 0.244 e. The molecule has 28 heavy (non-hydrogen) atoms. The van der Waals surface area contributed by atoms with Crippen molar-refractivity contribution < 1.29 is 4.79 Å². The minimum Gasteiger partial charge on any atom is -0.347 e. The number of benzene rings is 3. The average Bonchev–Trinajstić information content (AvgIpc) is 2.75. The van der Waals surface area contributed by atoms with Gasteiger partial charge in [0.2, 0.25) is 5.91 Å². The standard InChI is InChI=1S/C23H20ClN3O/c24-20-14-11-18(12-15-20)13-16-23(28)25-17-22(19-7-3-1-4-8-19)27-26-21-9-5-2-6-10-21/h1-16,26H,17H2,(H,25,28)/b16-13+,27-22+. The fourth-order valence-electron chi connectivity index (χ4n) is 2.46. The van der Waals surface area contributed by atoms with E-state index < -0.39 is 0 Å². The Kier molecular flexibility index (Phi) is 6.99. The van der Waals surface area contributed by atoms with Crippen LogP contribution in [0.15, 0.2) is 96.1 Å². The predicted octanol–water partition coefficient (Wildman–Crippen LogP) is 4.99. The lowest BCUT2D eigenvalue weighted by Crippen LogP contribution is -2.29. The summed E-state index contributed by atoms with van der Waals surface area (Å²) in [6.07, 6.45) is 3.24. The van der Waals surface area contributed by atoms with E-state index in [4.69, 9.17) is 11.6 Å². The van der Waals surface area contributed by atoms with Gasteiger partial charge < -0.3 is 5.32 Å². The zero-order valence-corrected chi connectivity index (χ0v) is 15.9. The topological polar surface area (TPSA) is 53.5 Å². The second-order valence-electron chi connectivity index (χ2n) is 6.01. The maximum atomic E-state index is 12.2. The lowest BCUT2D eigenvalue weighted by Gasteiger charge is -2.09. The van der Waals surface area contributed by atoms with Crippen LogP contribution in [-0.2, 0) is 4.79 Å². The second-order valence-corrected chi connectivity index (χ2v) is 6.44. The molecule has 0 aliphatic carbocycles. The normalized spacial score (nSPS) is 11.4. The van der Waals surface area contributed by atoms with Gasteiger partial charge in [-0.1, -0.05) is 72.3 Å². The monoisotopic (exact) mass is 389 g/mol. The smallest absolute Gasteiger partial charge is 0.244 e. The van der Waals surface area contributed by atoms with Crippen LogP contribution in [-0.4, -0.2) is 18.2 Å². The van der Waals surface area contributed by atoms with Gasteiger partial charge in [-0.25, -0.2) is 0 Å². The van der Waals surface area contributed by atoms with E-state index in [1.807, 2.05) is 72.8 Å². The molecule has 0 aliphatic heterocycles. The fourth-order valence-corrected chi connectivity index (χ4v) is 2.58. The third-order valence-corrected chi connectivity index (χ3v) is 4.18. The van der Waals surface area contributed by atoms with Crippen LogP contribution in [0.3, 0.4) is 0 Å². The van der Waals surface area contributed by atoms with E-state index in [9.17, 15) is 4.79 Å². The zero-order chi connectivity index (χ0) is 19.6. The van der Waals surface area contributed by atoms with Crippen LogP contribution in [0.4, 0.5) is 5.69 Å². The Morgan fingerprint density at radius 1 is 0.893 bits per heavy atom. The molecule has 4 nitrogen and oxygen atoms in total. The summed E-state index contributed by atoms with van der Waals surface area (Å²) in [6.45, 7) is 0.299. The molecule has 3 rings (SSSR count). The van der Waals surface area contributed by atoms with Gasteiger partial charge in [-0.15, -0.1) is 0 Å². The van der Waals surface area contributed by atoms with Crippen molar-refractivity contribution in [2.24, 2.45) is 5.10 Å². The first-order valence-electron chi connectivity index (χ1n) is 8.85. The molecule has 0 spiro atoms. The molecule has 0 fully saturated rings. The van der Waals surface area contributed by atoms with Crippen molar-refractivity contribution in [1.82, 2.24) is 5.32 Å². The van der Waals surface area contributed by atoms with E-state index in [2.05, 4.69) is 15.8 Å². The summed E-state index contributed by atoms with van der Waals surface area (Å²) >= 11 is 5.87. The van der Waals surface area contributed by atoms with Crippen LogP contribution < -0.4 is 10.7 Å². The first-order valence-corrected chi connectivity index (χ1v) is 9.23. The molecule has 3 aromatic rings. The number of rotatable bonds is 7. The molecule has 0 atom stereocenters. The Morgan fingerprint density at radius 2 is 1.54 bits per heavy atom. The van der Waals surface area contributed by atoms with Gasteiger partial charge in [-0.2, -0.15) is 5.10 Å². The summed E-state index contributed by atoms with van der Waals surface area (Å²) in [7, 11) is 0. The van der Waals surface area contributed by atoms with Gasteiger partial charge in [0.1, 0.15) is 0 Å². The predicted molar refractivity (Wildman–Crippen MR) is 117 cm³/mol. The number of anilines is 1. The van der Waals surface area contributed by atoms with Gasteiger partial charge in [0.25, 0.3) is 0 Å². The average molecular weight is 390 g/mol. The van der Waals surface area contributed by atoms with Crippen molar-refractivity contribution in [3.05, 3.63) is 107 Å². The summed E-state index contributed by atoms with van der Waals surface area (Å²) in [5.41, 5.74) is 6.49. The van der Waals surface area contributed by atoms with Gasteiger partial charge in [-0.05, 0) is 41.5 Å². The molecule has 2 N–H and O–H groups in total. The number of hydrazone groups is 1. The third-order valence-electron chi connectivity index (χ3n) is 3.93. The Morgan fingerprint density at radius 3 is 2.21 bits per heavy atom. The van der Waals surface area contributed by atoms with Gasteiger partial charge in [-0.3, -0.25) is 10.2 Å². The molecule has 0 saturated carbocycles. The van der Waals surface area contributed by atoms with Crippen molar-refractivity contribution in [3.63, 3.8) is 0 Å². The number of carbonyl (C=O) groups is 1. The highest BCUT2D eigenvalue weighted by molar-refractivity contribution is 6.30. The van der Waals surface area contributed by atoms with E-state index in [0.29, 0.717) is 11.6 Å². The van der Waals surface area contributed by atoms with Crippen molar-refractivity contribution in [2.45, 2.75) is 0 Å². The molecule has 0 bridgehead atoms. The van der Waals surface area contributed by atoms with Crippen molar-refractivity contribution in [2.75, 3.05) is 12.0 Å². The Hall–Kier alpha value is -3.37. The summed E-state index contributed by atoms with van der Waals surface area (Å²) in [4.78, 5) is 12.2.